The summed E-state index contributed by atoms with van der Waals surface area (Å²) in [6.07, 6.45) is 3.41. The van der Waals surface area contributed by atoms with E-state index in [0.29, 0.717) is 0 Å². The first-order chi connectivity index (χ1) is 14.5. The van der Waals surface area contributed by atoms with Gasteiger partial charge in [0.25, 0.3) is 0 Å². The summed E-state index contributed by atoms with van der Waals surface area (Å²) in [7, 11) is 0. The Morgan fingerprint density at radius 2 is 1.00 bits per heavy atom. The molecular formula is C24H30N4O2. The van der Waals surface area contributed by atoms with E-state index in [1.54, 1.807) is 0 Å². The normalized spacial score (nSPS) is 11.8. The summed E-state index contributed by atoms with van der Waals surface area (Å²) >= 11 is 0. The maximum atomic E-state index is 11.9. The van der Waals surface area contributed by atoms with Gasteiger partial charge in [0.2, 0.25) is 11.8 Å². The molecule has 6 heteroatoms. The smallest absolute Gasteiger partial charge is 0.240 e. The topological polar surface area (TPSA) is 82.9 Å². The zero-order valence-electron chi connectivity index (χ0n) is 17.7. The van der Waals surface area contributed by atoms with Gasteiger partial charge in [0.05, 0.1) is 0 Å². The molecule has 0 aromatic heterocycles. The molecule has 0 unspecified atom stereocenters. The first-order valence-electron chi connectivity index (χ1n) is 10.2. The van der Waals surface area contributed by atoms with E-state index in [4.69, 9.17) is 0 Å². The zero-order chi connectivity index (χ0) is 21.6. The molecule has 2 aromatic carbocycles. The Hall–Kier alpha value is -3.28. The first-order valence-corrected chi connectivity index (χ1v) is 10.2. The van der Waals surface area contributed by atoms with E-state index in [2.05, 4.69) is 45.3 Å². The van der Waals surface area contributed by atoms with Crippen LogP contribution in [0.4, 0.5) is 0 Å². The minimum atomic E-state index is -0.283. The number of hydrazone groups is 2. The monoisotopic (exact) mass is 406 g/mol. The molecule has 0 spiro atoms. The lowest BCUT2D eigenvalue weighted by Crippen LogP contribution is -2.24. The van der Waals surface area contributed by atoms with Crippen LogP contribution in [0.2, 0.25) is 0 Å². The van der Waals surface area contributed by atoms with Crippen LogP contribution in [0.15, 0.2) is 70.9 Å². The number of nitrogens with zero attached hydrogens (tertiary/aromatic N) is 2. The van der Waals surface area contributed by atoms with Gasteiger partial charge in [0.1, 0.15) is 0 Å². The molecular weight excluding hydrogens is 376 g/mol. The van der Waals surface area contributed by atoms with E-state index in [1.165, 1.54) is 11.1 Å². The van der Waals surface area contributed by atoms with Crippen LogP contribution in [0, 0.1) is 0 Å². The number of carbonyl (C=O) groups is 2. The summed E-state index contributed by atoms with van der Waals surface area (Å²) in [5, 5.41) is 8.20. The average molecular weight is 407 g/mol. The summed E-state index contributed by atoms with van der Waals surface area (Å²) in [4.78, 5) is 23.8. The highest BCUT2D eigenvalue weighted by Gasteiger charge is 2.06. The van der Waals surface area contributed by atoms with Gasteiger partial charge < -0.3 is 0 Å². The summed E-state index contributed by atoms with van der Waals surface area (Å²) in [6.45, 7) is 3.76. The first kappa shape index (κ1) is 23.0. The van der Waals surface area contributed by atoms with Gasteiger partial charge in [0, 0.05) is 24.3 Å². The van der Waals surface area contributed by atoms with Gasteiger partial charge in [0.15, 0.2) is 0 Å². The Morgan fingerprint density at radius 3 is 1.37 bits per heavy atom. The number of aryl methyl sites for hydroxylation is 2. The third kappa shape index (κ3) is 9.78. The maximum absolute atomic E-state index is 11.9. The van der Waals surface area contributed by atoms with Crippen molar-refractivity contribution in [3.05, 3.63) is 71.8 Å². The van der Waals surface area contributed by atoms with Crippen LogP contribution in [0.25, 0.3) is 0 Å². The Kier molecular flexibility index (Phi) is 10.00. The minimum Gasteiger partial charge on any atom is -0.273 e. The lowest BCUT2D eigenvalue weighted by Gasteiger charge is -2.04. The van der Waals surface area contributed by atoms with Gasteiger partial charge in [-0.15, -0.1) is 0 Å². The molecule has 0 aliphatic rings. The fourth-order valence-electron chi connectivity index (χ4n) is 2.71. The van der Waals surface area contributed by atoms with Crippen LogP contribution in [-0.4, -0.2) is 23.2 Å². The van der Waals surface area contributed by atoms with Gasteiger partial charge in [-0.3, -0.25) is 9.59 Å². The van der Waals surface area contributed by atoms with Crippen molar-refractivity contribution < 1.29 is 9.59 Å². The van der Waals surface area contributed by atoms with Crippen LogP contribution >= 0.6 is 0 Å². The molecule has 0 radical (unpaired) electrons. The van der Waals surface area contributed by atoms with Crippen LogP contribution in [0.1, 0.15) is 50.7 Å². The molecule has 2 rings (SSSR count). The van der Waals surface area contributed by atoms with Gasteiger partial charge in [-0.25, -0.2) is 10.9 Å². The lowest BCUT2D eigenvalue weighted by molar-refractivity contribution is -0.126. The molecule has 158 valence electrons. The van der Waals surface area contributed by atoms with Crippen molar-refractivity contribution in [1.29, 1.82) is 0 Å². The Morgan fingerprint density at radius 1 is 0.633 bits per heavy atom. The van der Waals surface area contributed by atoms with Gasteiger partial charge in [-0.1, -0.05) is 60.7 Å². The number of hydrogen-bond donors (Lipinski definition) is 2. The summed E-state index contributed by atoms with van der Waals surface area (Å²) in [6, 6.07) is 20.2. The van der Waals surface area contributed by atoms with Crippen molar-refractivity contribution in [3.63, 3.8) is 0 Å². The van der Waals surface area contributed by atoms with E-state index in [1.807, 2.05) is 50.2 Å². The largest absolute Gasteiger partial charge is 0.273 e. The SMILES string of the molecule is C/C(CCc1ccccc1)=N/NC(=O)CCC(=O)N/N=C(/C)CCc1ccccc1. The molecule has 0 bridgehead atoms. The van der Waals surface area contributed by atoms with E-state index in [0.717, 1.165) is 37.1 Å². The molecule has 2 N–H and O–H groups in total. The van der Waals surface area contributed by atoms with E-state index in [-0.39, 0.29) is 24.7 Å². The quantitative estimate of drug-likeness (QED) is 0.436. The fourth-order valence-corrected chi connectivity index (χ4v) is 2.71. The highest BCUT2D eigenvalue weighted by Crippen LogP contribution is 2.04. The Bertz CT molecular complexity index is 788. The molecule has 0 saturated carbocycles. The molecule has 0 fully saturated rings. The van der Waals surface area contributed by atoms with E-state index >= 15 is 0 Å². The van der Waals surface area contributed by atoms with Crippen LogP contribution in [-0.2, 0) is 22.4 Å². The van der Waals surface area contributed by atoms with Crippen molar-refractivity contribution in [2.75, 3.05) is 0 Å². The predicted octanol–water partition coefficient (Wildman–Crippen LogP) is 4.02. The van der Waals surface area contributed by atoms with Crippen molar-refractivity contribution in [3.8, 4) is 0 Å². The second-order valence-corrected chi connectivity index (χ2v) is 7.24. The number of benzene rings is 2. The second kappa shape index (κ2) is 13.0. The summed E-state index contributed by atoms with van der Waals surface area (Å²) in [5.41, 5.74) is 9.17. The molecule has 0 aliphatic heterocycles. The molecule has 2 aromatic rings. The van der Waals surface area contributed by atoms with E-state index in [9.17, 15) is 9.59 Å². The maximum Gasteiger partial charge on any atom is 0.240 e. The highest BCUT2D eigenvalue weighted by atomic mass is 16.2. The fraction of sp³-hybridized carbons (Fsp3) is 0.333. The lowest BCUT2D eigenvalue weighted by atomic mass is 10.1. The van der Waals surface area contributed by atoms with Crippen molar-refractivity contribution in [2.24, 2.45) is 10.2 Å². The van der Waals surface area contributed by atoms with Crippen molar-refractivity contribution in [1.82, 2.24) is 10.9 Å². The summed E-state index contributed by atoms with van der Waals surface area (Å²) < 4.78 is 0. The highest BCUT2D eigenvalue weighted by molar-refractivity contribution is 5.87. The number of hydrogen-bond acceptors (Lipinski definition) is 4. The number of rotatable bonds is 11. The van der Waals surface area contributed by atoms with Gasteiger partial charge in [-0.2, -0.15) is 10.2 Å². The third-order valence-electron chi connectivity index (χ3n) is 4.56. The average Bonchev–Trinajstić information content (AvgIpc) is 2.78. The van der Waals surface area contributed by atoms with Gasteiger partial charge >= 0.3 is 0 Å². The van der Waals surface area contributed by atoms with Gasteiger partial charge in [-0.05, 0) is 50.7 Å². The Labute approximate surface area is 178 Å². The summed E-state index contributed by atoms with van der Waals surface area (Å²) in [5.74, 6) is -0.567. The predicted molar refractivity (Wildman–Crippen MR) is 121 cm³/mol. The molecule has 0 saturated heterocycles. The van der Waals surface area contributed by atoms with E-state index < -0.39 is 0 Å². The molecule has 6 nitrogen and oxygen atoms in total. The van der Waals surface area contributed by atoms with Crippen molar-refractivity contribution in [2.45, 2.75) is 52.4 Å². The number of carbonyl (C=O) groups excluding carboxylic acids is 2. The number of nitrogens with one attached hydrogen (secondary N) is 2. The van der Waals surface area contributed by atoms with Crippen molar-refractivity contribution >= 4 is 23.2 Å². The standard InChI is InChI=1S/C24H30N4O2/c1-19(13-15-21-9-5-3-6-10-21)25-27-23(29)17-18-24(30)28-26-20(2)14-16-22-11-7-4-8-12-22/h3-12H,13-18H2,1-2H3,(H,27,29)(H,28,30)/b25-19-,26-20-. The number of amides is 2. The Balaban J connectivity index is 1.61. The third-order valence-corrected chi connectivity index (χ3v) is 4.56. The molecule has 2 amide bonds. The van der Waals surface area contributed by atoms with Crippen LogP contribution < -0.4 is 10.9 Å². The molecule has 0 atom stereocenters. The minimum absolute atomic E-state index is 0.0693. The van der Waals surface area contributed by atoms with Crippen LogP contribution in [0.5, 0.6) is 0 Å². The molecule has 30 heavy (non-hydrogen) atoms. The molecule has 0 heterocycles. The molecule has 0 aliphatic carbocycles. The second-order valence-electron chi connectivity index (χ2n) is 7.24. The zero-order valence-corrected chi connectivity index (χ0v) is 17.7. The van der Waals surface area contributed by atoms with Crippen LogP contribution in [0.3, 0.4) is 0 Å².